The summed E-state index contributed by atoms with van der Waals surface area (Å²) in [7, 11) is 0. The van der Waals surface area contributed by atoms with E-state index < -0.39 is 6.10 Å². The number of hydrogen-bond donors (Lipinski definition) is 1. The van der Waals surface area contributed by atoms with Crippen molar-refractivity contribution in [2.75, 3.05) is 0 Å². The van der Waals surface area contributed by atoms with E-state index in [2.05, 4.69) is 10.1 Å². The monoisotopic (exact) mass is 235 g/mol. The van der Waals surface area contributed by atoms with Crippen LogP contribution in [0.3, 0.4) is 0 Å². The Morgan fingerprint density at radius 3 is 2.59 bits per heavy atom. The van der Waals surface area contributed by atoms with E-state index in [1.807, 2.05) is 37.3 Å². The highest BCUT2D eigenvalue weighted by atomic mass is 16.5. The summed E-state index contributed by atoms with van der Waals surface area (Å²) in [6.07, 6.45) is 0.00569. The lowest BCUT2D eigenvalue weighted by atomic mass is 10.1. The summed E-state index contributed by atoms with van der Waals surface area (Å²) in [4.78, 5) is 21.6. The van der Waals surface area contributed by atoms with E-state index in [1.54, 1.807) is 6.92 Å². The minimum Gasteiger partial charge on any atom is -0.455 e. The fourth-order valence-corrected chi connectivity index (χ4v) is 1.52. The van der Waals surface area contributed by atoms with Gasteiger partial charge in [0.2, 0.25) is 0 Å². The zero-order chi connectivity index (χ0) is 12.7. The molecule has 1 amide bonds. The van der Waals surface area contributed by atoms with E-state index in [4.69, 9.17) is 0 Å². The number of nitrogens with one attached hydrogen (secondary N) is 1. The molecule has 4 heteroatoms. The van der Waals surface area contributed by atoms with E-state index in [9.17, 15) is 9.59 Å². The molecule has 1 rings (SSSR count). The highest BCUT2D eigenvalue weighted by Gasteiger charge is 2.15. The van der Waals surface area contributed by atoms with Gasteiger partial charge in [0.25, 0.3) is 12.4 Å². The van der Waals surface area contributed by atoms with Gasteiger partial charge in [-0.1, -0.05) is 30.3 Å². The number of carbonyl (C=O) groups is 2. The van der Waals surface area contributed by atoms with Gasteiger partial charge < -0.3 is 10.1 Å². The third-order valence-electron chi connectivity index (χ3n) is 2.40. The maximum absolute atomic E-state index is 11.5. The molecule has 0 aliphatic carbocycles. The summed E-state index contributed by atoms with van der Waals surface area (Å²) in [5.74, 6) is -0.277. The third-order valence-corrected chi connectivity index (χ3v) is 2.40. The van der Waals surface area contributed by atoms with Crippen LogP contribution in [0.15, 0.2) is 30.3 Å². The maximum Gasteiger partial charge on any atom is 0.293 e. The van der Waals surface area contributed by atoms with Gasteiger partial charge in [0.05, 0.1) is 0 Å². The molecule has 0 spiro atoms. The van der Waals surface area contributed by atoms with Gasteiger partial charge in [-0.25, -0.2) is 0 Å². The molecule has 0 aromatic heterocycles. The van der Waals surface area contributed by atoms with Gasteiger partial charge in [-0.3, -0.25) is 9.59 Å². The van der Waals surface area contributed by atoms with Crippen molar-refractivity contribution in [1.82, 2.24) is 5.32 Å². The van der Waals surface area contributed by atoms with Gasteiger partial charge >= 0.3 is 0 Å². The highest BCUT2D eigenvalue weighted by Crippen LogP contribution is 2.03. The first kappa shape index (κ1) is 13.2. The molecule has 1 N–H and O–H groups in total. The first-order chi connectivity index (χ1) is 8.13. The molecule has 1 aromatic rings. The highest BCUT2D eigenvalue weighted by molar-refractivity contribution is 5.81. The van der Waals surface area contributed by atoms with Crippen molar-refractivity contribution in [2.45, 2.75) is 32.4 Å². The third kappa shape index (κ3) is 4.68. The quantitative estimate of drug-likeness (QED) is 0.756. The molecule has 0 unspecified atom stereocenters. The molecule has 0 radical (unpaired) electrons. The lowest BCUT2D eigenvalue weighted by Gasteiger charge is -2.16. The maximum atomic E-state index is 11.5. The Hall–Kier alpha value is -1.84. The molecule has 17 heavy (non-hydrogen) atoms. The Kier molecular flexibility index (Phi) is 5.20. The molecule has 2 atom stereocenters. The smallest absolute Gasteiger partial charge is 0.293 e. The van der Waals surface area contributed by atoms with Crippen LogP contribution in [-0.2, 0) is 20.7 Å². The van der Waals surface area contributed by atoms with Gasteiger partial charge in [-0.2, -0.15) is 0 Å². The van der Waals surface area contributed by atoms with Crippen LogP contribution in [0.4, 0.5) is 0 Å². The Labute approximate surface area is 101 Å². The standard InChI is InChI=1S/C13H17NO3/c1-10(8-12-6-4-3-5-7-12)14-13(16)11(2)17-9-15/h3-7,9-11H,8H2,1-2H3,(H,14,16)/t10-,11+/m0/s1. The molecular formula is C13H17NO3. The molecular weight excluding hydrogens is 218 g/mol. The summed E-state index contributed by atoms with van der Waals surface area (Å²) in [6, 6.07) is 9.89. The largest absolute Gasteiger partial charge is 0.455 e. The molecule has 0 aliphatic rings. The minimum atomic E-state index is -0.745. The molecule has 1 aromatic carbocycles. The zero-order valence-electron chi connectivity index (χ0n) is 10.1. The molecule has 0 bridgehead atoms. The van der Waals surface area contributed by atoms with Crippen LogP contribution in [0.25, 0.3) is 0 Å². The summed E-state index contributed by atoms with van der Waals surface area (Å²) in [5.41, 5.74) is 1.16. The van der Waals surface area contributed by atoms with Crippen LogP contribution in [0, 0.1) is 0 Å². The molecule has 0 aliphatic heterocycles. The average molecular weight is 235 g/mol. The lowest BCUT2D eigenvalue weighted by Crippen LogP contribution is -2.40. The van der Waals surface area contributed by atoms with Crippen LogP contribution in [0.2, 0.25) is 0 Å². The second-order valence-corrected chi connectivity index (χ2v) is 3.97. The summed E-state index contributed by atoms with van der Waals surface area (Å²) >= 11 is 0. The topological polar surface area (TPSA) is 55.4 Å². The number of benzene rings is 1. The number of ether oxygens (including phenoxy) is 1. The zero-order valence-corrected chi connectivity index (χ0v) is 10.1. The number of hydrogen-bond acceptors (Lipinski definition) is 3. The Morgan fingerprint density at radius 1 is 1.35 bits per heavy atom. The van der Waals surface area contributed by atoms with Crippen molar-refractivity contribution in [3.8, 4) is 0 Å². The van der Waals surface area contributed by atoms with Crippen LogP contribution in [0.1, 0.15) is 19.4 Å². The fraction of sp³-hybridized carbons (Fsp3) is 0.385. The van der Waals surface area contributed by atoms with Crippen LogP contribution >= 0.6 is 0 Å². The summed E-state index contributed by atoms with van der Waals surface area (Å²) < 4.78 is 4.56. The predicted molar refractivity (Wildman–Crippen MR) is 64.4 cm³/mol. The molecule has 4 nitrogen and oxygen atoms in total. The Morgan fingerprint density at radius 2 is 2.00 bits per heavy atom. The Bertz CT molecular complexity index is 364. The molecule has 0 heterocycles. The summed E-state index contributed by atoms with van der Waals surface area (Å²) in [6.45, 7) is 3.74. The van der Waals surface area contributed by atoms with Gasteiger partial charge in [0.1, 0.15) is 0 Å². The van der Waals surface area contributed by atoms with E-state index in [1.165, 1.54) is 0 Å². The van der Waals surface area contributed by atoms with Crippen LogP contribution < -0.4 is 5.32 Å². The lowest BCUT2D eigenvalue weighted by molar-refractivity contribution is -0.144. The molecule has 92 valence electrons. The molecule has 0 fully saturated rings. The van der Waals surface area contributed by atoms with Crippen molar-refractivity contribution < 1.29 is 14.3 Å². The van der Waals surface area contributed by atoms with Gasteiger partial charge in [0, 0.05) is 6.04 Å². The average Bonchev–Trinajstić information content (AvgIpc) is 2.30. The predicted octanol–water partition coefficient (Wildman–Crippen LogP) is 1.30. The second kappa shape index (κ2) is 6.68. The number of rotatable bonds is 6. The van der Waals surface area contributed by atoms with Crippen molar-refractivity contribution >= 4 is 12.4 Å². The van der Waals surface area contributed by atoms with Gasteiger partial charge in [0.15, 0.2) is 6.10 Å². The van der Waals surface area contributed by atoms with Crippen molar-refractivity contribution in [1.29, 1.82) is 0 Å². The molecule has 0 saturated carbocycles. The van der Waals surface area contributed by atoms with Crippen molar-refractivity contribution in [3.05, 3.63) is 35.9 Å². The fourth-order valence-electron chi connectivity index (χ4n) is 1.52. The first-order valence-corrected chi connectivity index (χ1v) is 5.57. The van der Waals surface area contributed by atoms with Gasteiger partial charge in [-0.15, -0.1) is 0 Å². The molecule has 0 saturated heterocycles. The number of amides is 1. The van der Waals surface area contributed by atoms with Gasteiger partial charge in [-0.05, 0) is 25.8 Å². The summed E-state index contributed by atoms with van der Waals surface area (Å²) in [5, 5.41) is 2.79. The van der Waals surface area contributed by atoms with Crippen LogP contribution in [0.5, 0.6) is 0 Å². The van der Waals surface area contributed by atoms with E-state index >= 15 is 0 Å². The minimum absolute atomic E-state index is 0.00241. The van der Waals surface area contributed by atoms with Crippen LogP contribution in [-0.4, -0.2) is 24.5 Å². The normalized spacial score (nSPS) is 13.5. The van der Waals surface area contributed by atoms with E-state index in [0.717, 1.165) is 12.0 Å². The van der Waals surface area contributed by atoms with Crippen molar-refractivity contribution in [3.63, 3.8) is 0 Å². The Balaban J connectivity index is 2.42. The second-order valence-electron chi connectivity index (χ2n) is 3.97. The van der Waals surface area contributed by atoms with E-state index in [-0.39, 0.29) is 18.4 Å². The van der Waals surface area contributed by atoms with E-state index in [0.29, 0.717) is 0 Å². The number of carbonyl (C=O) groups excluding carboxylic acids is 2. The first-order valence-electron chi connectivity index (χ1n) is 5.57. The SMILES string of the molecule is C[C@@H](Cc1ccccc1)NC(=O)[C@@H](C)OC=O. The van der Waals surface area contributed by atoms with Crippen molar-refractivity contribution in [2.24, 2.45) is 0 Å².